The van der Waals surface area contributed by atoms with Crippen LogP contribution in [0.25, 0.3) is 5.65 Å². The molecule has 20 heavy (non-hydrogen) atoms. The second kappa shape index (κ2) is 6.36. The third kappa shape index (κ3) is 3.94. The van der Waals surface area contributed by atoms with Crippen LogP contribution in [0.1, 0.15) is 25.8 Å². The minimum absolute atomic E-state index is 0.0470. The summed E-state index contributed by atoms with van der Waals surface area (Å²) < 4.78 is 1.73. The molecule has 0 fully saturated rings. The van der Waals surface area contributed by atoms with Gasteiger partial charge in [0.1, 0.15) is 0 Å². The molecular formula is C14H21N5O. The standard InChI is InChI=1S/C14H21N5O/c1-10(2)8-16-13(20)6-7-15-14-17-12-5-4-11(3)9-19(12)18-14/h4-5,9-10H,6-8H2,1-3H3,(H,15,18)(H,16,20). The maximum atomic E-state index is 11.6. The van der Waals surface area contributed by atoms with Crippen molar-refractivity contribution in [2.24, 2.45) is 5.92 Å². The van der Waals surface area contributed by atoms with E-state index in [1.807, 2.05) is 25.3 Å². The van der Waals surface area contributed by atoms with E-state index < -0.39 is 0 Å². The Kier molecular flexibility index (Phi) is 4.55. The number of anilines is 1. The van der Waals surface area contributed by atoms with Crippen molar-refractivity contribution in [1.29, 1.82) is 0 Å². The van der Waals surface area contributed by atoms with Crippen molar-refractivity contribution in [2.75, 3.05) is 18.4 Å². The van der Waals surface area contributed by atoms with Gasteiger partial charge in [-0.25, -0.2) is 4.52 Å². The van der Waals surface area contributed by atoms with Gasteiger partial charge in [-0.3, -0.25) is 4.79 Å². The van der Waals surface area contributed by atoms with Gasteiger partial charge < -0.3 is 10.6 Å². The highest BCUT2D eigenvalue weighted by Gasteiger charge is 2.05. The summed E-state index contributed by atoms with van der Waals surface area (Å²) in [7, 11) is 0. The van der Waals surface area contributed by atoms with E-state index in [0.717, 1.165) is 11.2 Å². The lowest BCUT2D eigenvalue weighted by Crippen LogP contribution is -2.28. The fraction of sp³-hybridized carbons (Fsp3) is 0.500. The first-order chi connectivity index (χ1) is 9.54. The molecule has 0 aliphatic carbocycles. The summed E-state index contributed by atoms with van der Waals surface area (Å²) in [4.78, 5) is 15.9. The molecule has 6 nitrogen and oxygen atoms in total. The third-order valence-corrected chi connectivity index (χ3v) is 2.82. The molecule has 0 spiro atoms. The van der Waals surface area contributed by atoms with Crippen molar-refractivity contribution in [2.45, 2.75) is 27.2 Å². The smallest absolute Gasteiger partial charge is 0.243 e. The zero-order chi connectivity index (χ0) is 14.5. The van der Waals surface area contributed by atoms with Crippen molar-refractivity contribution in [3.63, 3.8) is 0 Å². The SMILES string of the molecule is Cc1ccc2nc(NCCC(=O)NCC(C)C)nn2c1. The maximum absolute atomic E-state index is 11.6. The molecule has 2 aromatic rings. The Morgan fingerprint density at radius 3 is 2.95 bits per heavy atom. The van der Waals surface area contributed by atoms with Crippen molar-refractivity contribution in [1.82, 2.24) is 19.9 Å². The number of nitrogens with one attached hydrogen (secondary N) is 2. The summed E-state index contributed by atoms with van der Waals surface area (Å²) in [6.07, 6.45) is 2.34. The van der Waals surface area contributed by atoms with E-state index in [1.54, 1.807) is 4.52 Å². The summed E-state index contributed by atoms with van der Waals surface area (Å²) in [5.74, 6) is 1.06. The average molecular weight is 275 g/mol. The number of carbonyl (C=O) groups is 1. The largest absolute Gasteiger partial charge is 0.356 e. The highest BCUT2D eigenvalue weighted by Crippen LogP contribution is 2.06. The Morgan fingerprint density at radius 1 is 1.40 bits per heavy atom. The monoisotopic (exact) mass is 275 g/mol. The second-order valence-corrected chi connectivity index (χ2v) is 5.32. The Bertz CT molecular complexity index is 590. The van der Waals surface area contributed by atoms with Gasteiger partial charge in [-0.05, 0) is 24.5 Å². The average Bonchev–Trinajstić information content (AvgIpc) is 2.78. The molecular weight excluding hydrogens is 254 g/mol. The minimum atomic E-state index is 0.0470. The lowest BCUT2D eigenvalue weighted by molar-refractivity contribution is -0.120. The van der Waals surface area contributed by atoms with Crippen LogP contribution in [0.4, 0.5) is 5.95 Å². The number of aryl methyl sites for hydroxylation is 1. The van der Waals surface area contributed by atoms with E-state index in [-0.39, 0.29) is 5.91 Å². The van der Waals surface area contributed by atoms with Gasteiger partial charge in [0.15, 0.2) is 5.65 Å². The predicted octanol–water partition coefficient (Wildman–Crippen LogP) is 1.61. The molecule has 1 amide bonds. The molecule has 0 bridgehead atoms. The van der Waals surface area contributed by atoms with Gasteiger partial charge in [0, 0.05) is 25.7 Å². The van der Waals surface area contributed by atoms with E-state index in [0.29, 0.717) is 31.4 Å². The quantitative estimate of drug-likeness (QED) is 0.840. The van der Waals surface area contributed by atoms with Crippen molar-refractivity contribution in [3.05, 3.63) is 23.9 Å². The summed E-state index contributed by atoms with van der Waals surface area (Å²) in [6, 6.07) is 3.91. The molecule has 2 heterocycles. The number of carbonyl (C=O) groups excluding carboxylic acids is 1. The molecule has 108 valence electrons. The van der Waals surface area contributed by atoms with Gasteiger partial charge in [-0.2, -0.15) is 4.98 Å². The molecule has 0 saturated heterocycles. The van der Waals surface area contributed by atoms with Crippen LogP contribution < -0.4 is 10.6 Å². The number of hydrogen-bond donors (Lipinski definition) is 2. The second-order valence-electron chi connectivity index (χ2n) is 5.32. The lowest BCUT2D eigenvalue weighted by Gasteiger charge is -2.07. The number of nitrogens with zero attached hydrogens (tertiary/aromatic N) is 3. The van der Waals surface area contributed by atoms with Gasteiger partial charge in [0.05, 0.1) is 0 Å². The van der Waals surface area contributed by atoms with E-state index in [2.05, 4.69) is 34.6 Å². The number of amides is 1. The summed E-state index contributed by atoms with van der Waals surface area (Å²) in [6.45, 7) is 7.39. The van der Waals surface area contributed by atoms with Crippen molar-refractivity contribution >= 4 is 17.5 Å². The van der Waals surface area contributed by atoms with E-state index in [4.69, 9.17) is 0 Å². The summed E-state index contributed by atoms with van der Waals surface area (Å²) in [5.41, 5.74) is 1.92. The predicted molar refractivity (Wildman–Crippen MR) is 78.7 cm³/mol. The molecule has 0 radical (unpaired) electrons. The van der Waals surface area contributed by atoms with Crippen LogP contribution in [0.15, 0.2) is 18.3 Å². The van der Waals surface area contributed by atoms with Crippen LogP contribution in [-0.4, -0.2) is 33.6 Å². The zero-order valence-electron chi connectivity index (χ0n) is 12.2. The van der Waals surface area contributed by atoms with Crippen LogP contribution in [0, 0.1) is 12.8 Å². The van der Waals surface area contributed by atoms with Gasteiger partial charge in [-0.15, -0.1) is 5.10 Å². The Morgan fingerprint density at radius 2 is 2.20 bits per heavy atom. The first-order valence-electron chi connectivity index (χ1n) is 6.88. The highest BCUT2D eigenvalue weighted by atomic mass is 16.1. The lowest BCUT2D eigenvalue weighted by atomic mass is 10.2. The number of fused-ring (bicyclic) bond motifs is 1. The van der Waals surface area contributed by atoms with E-state index >= 15 is 0 Å². The van der Waals surface area contributed by atoms with Crippen LogP contribution in [0.5, 0.6) is 0 Å². The van der Waals surface area contributed by atoms with Gasteiger partial charge >= 0.3 is 0 Å². The Labute approximate surface area is 118 Å². The van der Waals surface area contributed by atoms with Crippen LogP contribution in [0.3, 0.4) is 0 Å². The molecule has 0 aromatic carbocycles. The molecule has 6 heteroatoms. The number of rotatable bonds is 6. The molecule has 2 N–H and O–H groups in total. The third-order valence-electron chi connectivity index (χ3n) is 2.82. The molecule has 2 aromatic heterocycles. The molecule has 0 aliphatic rings. The first kappa shape index (κ1) is 14.3. The molecule has 0 saturated carbocycles. The van der Waals surface area contributed by atoms with Crippen LogP contribution in [0.2, 0.25) is 0 Å². The summed E-state index contributed by atoms with van der Waals surface area (Å²) in [5, 5.41) is 10.3. The van der Waals surface area contributed by atoms with Crippen LogP contribution >= 0.6 is 0 Å². The van der Waals surface area contributed by atoms with E-state index in [1.165, 1.54) is 0 Å². The molecule has 0 atom stereocenters. The fourth-order valence-corrected chi connectivity index (χ4v) is 1.75. The number of pyridine rings is 1. The topological polar surface area (TPSA) is 71.3 Å². The molecule has 0 unspecified atom stereocenters. The number of aromatic nitrogens is 3. The fourth-order valence-electron chi connectivity index (χ4n) is 1.75. The van der Waals surface area contributed by atoms with Gasteiger partial charge in [-0.1, -0.05) is 19.9 Å². The maximum Gasteiger partial charge on any atom is 0.243 e. The summed E-state index contributed by atoms with van der Waals surface area (Å²) >= 11 is 0. The number of hydrogen-bond acceptors (Lipinski definition) is 4. The first-order valence-corrected chi connectivity index (χ1v) is 6.88. The van der Waals surface area contributed by atoms with Crippen molar-refractivity contribution < 1.29 is 4.79 Å². The van der Waals surface area contributed by atoms with E-state index in [9.17, 15) is 4.79 Å². The van der Waals surface area contributed by atoms with Gasteiger partial charge in [0.25, 0.3) is 0 Å². The van der Waals surface area contributed by atoms with Crippen LogP contribution in [-0.2, 0) is 4.79 Å². The Balaban J connectivity index is 1.82. The highest BCUT2D eigenvalue weighted by molar-refractivity contribution is 5.76. The van der Waals surface area contributed by atoms with Gasteiger partial charge in [0.2, 0.25) is 11.9 Å². The normalized spacial score (nSPS) is 11.0. The van der Waals surface area contributed by atoms with Crippen molar-refractivity contribution in [3.8, 4) is 0 Å². The Hall–Kier alpha value is -2.11. The molecule has 2 rings (SSSR count). The minimum Gasteiger partial charge on any atom is -0.356 e. The zero-order valence-corrected chi connectivity index (χ0v) is 12.2. The molecule has 0 aliphatic heterocycles.